The molecule has 0 aliphatic carbocycles. The van der Waals surface area contributed by atoms with Crippen molar-refractivity contribution < 1.29 is 0 Å². The first-order chi connectivity index (χ1) is 6.05. The second kappa shape index (κ2) is 3.65. The third kappa shape index (κ3) is 2.62. The fourth-order valence-corrected chi connectivity index (χ4v) is 1.11. The summed E-state index contributed by atoms with van der Waals surface area (Å²) in [6.45, 7) is 10.1. The normalized spacial score (nSPS) is 11.0. The van der Waals surface area contributed by atoms with Gasteiger partial charge in [-0.1, -0.05) is 24.3 Å². The van der Waals surface area contributed by atoms with E-state index in [1.165, 1.54) is 11.3 Å². The van der Waals surface area contributed by atoms with Crippen molar-refractivity contribution in [3.8, 4) is 0 Å². The lowest BCUT2D eigenvalue weighted by Crippen LogP contribution is -2.27. The lowest BCUT2D eigenvalue weighted by atomic mass is 10.0. The van der Waals surface area contributed by atoms with Crippen molar-refractivity contribution in [3.63, 3.8) is 0 Å². The van der Waals surface area contributed by atoms with E-state index in [9.17, 15) is 0 Å². The number of anilines is 1. The Balaban J connectivity index is 2.86. The molecule has 0 unspecified atom stereocenters. The third-order valence-electron chi connectivity index (χ3n) is 2.11. The van der Waals surface area contributed by atoms with Gasteiger partial charge in [-0.2, -0.15) is 0 Å². The van der Waals surface area contributed by atoms with Gasteiger partial charge in [0, 0.05) is 11.2 Å². The summed E-state index contributed by atoms with van der Waals surface area (Å²) in [6, 6.07) is 8.26. The standard InChI is InChI=1S/C12H17N/c1-5-12(3,4)13-11-9-7-6-8-10(11)2/h5-9,13H,1H2,2-4H3. The van der Waals surface area contributed by atoms with Crippen molar-refractivity contribution >= 4 is 5.69 Å². The van der Waals surface area contributed by atoms with E-state index in [4.69, 9.17) is 0 Å². The Morgan fingerprint density at radius 3 is 2.46 bits per heavy atom. The number of hydrogen-bond acceptors (Lipinski definition) is 1. The maximum atomic E-state index is 3.80. The highest BCUT2D eigenvalue weighted by atomic mass is 15.0. The average molecular weight is 175 g/mol. The number of para-hydroxylation sites is 1. The minimum Gasteiger partial charge on any atom is -0.376 e. The Morgan fingerprint density at radius 2 is 1.92 bits per heavy atom. The van der Waals surface area contributed by atoms with E-state index >= 15 is 0 Å². The fraction of sp³-hybridized carbons (Fsp3) is 0.333. The molecular formula is C12H17N. The number of nitrogens with one attached hydrogen (secondary N) is 1. The molecule has 0 radical (unpaired) electrons. The molecule has 0 bridgehead atoms. The summed E-state index contributed by atoms with van der Waals surface area (Å²) in [7, 11) is 0. The minimum atomic E-state index is -0.0495. The van der Waals surface area contributed by atoms with E-state index in [1.54, 1.807) is 0 Å². The molecule has 0 atom stereocenters. The van der Waals surface area contributed by atoms with E-state index in [0.717, 1.165) is 0 Å². The van der Waals surface area contributed by atoms with Gasteiger partial charge in [-0.05, 0) is 32.4 Å². The summed E-state index contributed by atoms with van der Waals surface area (Å²) in [5.41, 5.74) is 2.39. The molecule has 13 heavy (non-hydrogen) atoms. The molecule has 1 N–H and O–H groups in total. The molecule has 1 heteroatoms. The van der Waals surface area contributed by atoms with Crippen LogP contribution in [0.5, 0.6) is 0 Å². The summed E-state index contributed by atoms with van der Waals surface area (Å²) in [6.07, 6.45) is 1.92. The summed E-state index contributed by atoms with van der Waals surface area (Å²) in [5.74, 6) is 0. The predicted molar refractivity (Wildman–Crippen MR) is 59.1 cm³/mol. The smallest absolute Gasteiger partial charge is 0.0497 e. The van der Waals surface area contributed by atoms with Crippen molar-refractivity contribution in [2.75, 3.05) is 5.32 Å². The molecule has 0 fully saturated rings. The lowest BCUT2D eigenvalue weighted by Gasteiger charge is -2.24. The van der Waals surface area contributed by atoms with Crippen molar-refractivity contribution in [1.29, 1.82) is 0 Å². The Hall–Kier alpha value is -1.24. The summed E-state index contributed by atoms with van der Waals surface area (Å²) < 4.78 is 0. The largest absolute Gasteiger partial charge is 0.376 e. The van der Waals surface area contributed by atoms with Crippen LogP contribution in [-0.2, 0) is 0 Å². The Kier molecular flexibility index (Phi) is 2.76. The average Bonchev–Trinajstić information content (AvgIpc) is 2.09. The number of aryl methyl sites for hydroxylation is 1. The lowest BCUT2D eigenvalue weighted by molar-refractivity contribution is 0.714. The number of rotatable bonds is 3. The molecule has 70 valence electrons. The second-order valence-electron chi connectivity index (χ2n) is 3.87. The molecule has 0 aromatic heterocycles. The van der Waals surface area contributed by atoms with Crippen molar-refractivity contribution in [1.82, 2.24) is 0 Å². The fourth-order valence-electron chi connectivity index (χ4n) is 1.11. The predicted octanol–water partition coefficient (Wildman–Crippen LogP) is 3.37. The number of benzene rings is 1. The van der Waals surface area contributed by atoms with Crippen LogP contribution in [0.3, 0.4) is 0 Å². The Bertz CT molecular complexity index is 300. The molecule has 1 nitrogen and oxygen atoms in total. The van der Waals surface area contributed by atoms with Crippen LogP contribution in [0.2, 0.25) is 0 Å². The molecule has 0 amide bonds. The topological polar surface area (TPSA) is 12.0 Å². The van der Waals surface area contributed by atoms with Crippen molar-refractivity contribution in [3.05, 3.63) is 42.5 Å². The third-order valence-corrected chi connectivity index (χ3v) is 2.11. The monoisotopic (exact) mass is 175 g/mol. The Morgan fingerprint density at radius 1 is 1.31 bits per heavy atom. The molecule has 0 aliphatic rings. The van der Waals surface area contributed by atoms with Gasteiger partial charge >= 0.3 is 0 Å². The van der Waals surface area contributed by atoms with Crippen LogP contribution >= 0.6 is 0 Å². The van der Waals surface area contributed by atoms with E-state index in [2.05, 4.69) is 44.8 Å². The maximum Gasteiger partial charge on any atom is 0.0497 e. The minimum absolute atomic E-state index is 0.0495. The molecule has 1 rings (SSSR count). The van der Waals surface area contributed by atoms with Gasteiger partial charge in [0.15, 0.2) is 0 Å². The van der Waals surface area contributed by atoms with Crippen LogP contribution in [0, 0.1) is 6.92 Å². The van der Waals surface area contributed by atoms with Gasteiger partial charge in [-0.3, -0.25) is 0 Å². The van der Waals surface area contributed by atoms with E-state index in [0.29, 0.717) is 0 Å². The highest BCUT2D eigenvalue weighted by molar-refractivity contribution is 5.52. The molecule has 0 saturated heterocycles. The molecule has 0 aliphatic heterocycles. The van der Waals surface area contributed by atoms with Crippen molar-refractivity contribution in [2.24, 2.45) is 0 Å². The molecule has 1 aromatic carbocycles. The van der Waals surface area contributed by atoms with Crippen LogP contribution in [0.25, 0.3) is 0 Å². The maximum absolute atomic E-state index is 3.80. The second-order valence-corrected chi connectivity index (χ2v) is 3.87. The first-order valence-electron chi connectivity index (χ1n) is 4.52. The van der Waals surface area contributed by atoms with Gasteiger partial charge < -0.3 is 5.32 Å². The molecular weight excluding hydrogens is 158 g/mol. The zero-order chi connectivity index (χ0) is 9.90. The van der Waals surface area contributed by atoms with Gasteiger partial charge in [0.25, 0.3) is 0 Å². The van der Waals surface area contributed by atoms with Crippen LogP contribution in [0.4, 0.5) is 5.69 Å². The quantitative estimate of drug-likeness (QED) is 0.694. The number of hydrogen-bond donors (Lipinski definition) is 1. The van der Waals surface area contributed by atoms with Gasteiger partial charge in [0.2, 0.25) is 0 Å². The van der Waals surface area contributed by atoms with Gasteiger partial charge in [0.1, 0.15) is 0 Å². The summed E-state index contributed by atoms with van der Waals surface area (Å²) in [4.78, 5) is 0. The van der Waals surface area contributed by atoms with Crippen LogP contribution < -0.4 is 5.32 Å². The van der Waals surface area contributed by atoms with E-state index in [1.807, 2.05) is 18.2 Å². The van der Waals surface area contributed by atoms with Gasteiger partial charge in [-0.15, -0.1) is 6.58 Å². The van der Waals surface area contributed by atoms with Crippen LogP contribution in [0.1, 0.15) is 19.4 Å². The molecule has 0 saturated carbocycles. The van der Waals surface area contributed by atoms with E-state index < -0.39 is 0 Å². The summed E-state index contributed by atoms with van der Waals surface area (Å²) >= 11 is 0. The highest BCUT2D eigenvalue weighted by Crippen LogP contribution is 2.19. The van der Waals surface area contributed by atoms with E-state index in [-0.39, 0.29) is 5.54 Å². The molecule has 0 spiro atoms. The summed E-state index contributed by atoms with van der Waals surface area (Å²) in [5, 5.41) is 3.42. The first kappa shape index (κ1) is 9.85. The Labute approximate surface area is 80.5 Å². The SMILES string of the molecule is C=CC(C)(C)Nc1ccccc1C. The zero-order valence-electron chi connectivity index (χ0n) is 8.59. The zero-order valence-corrected chi connectivity index (χ0v) is 8.59. The van der Waals surface area contributed by atoms with Crippen LogP contribution in [-0.4, -0.2) is 5.54 Å². The first-order valence-corrected chi connectivity index (χ1v) is 4.52. The van der Waals surface area contributed by atoms with Gasteiger partial charge in [-0.25, -0.2) is 0 Å². The molecule has 0 heterocycles. The highest BCUT2D eigenvalue weighted by Gasteiger charge is 2.12. The van der Waals surface area contributed by atoms with Crippen molar-refractivity contribution in [2.45, 2.75) is 26.3 Å². The molecule has 1 aromatic rings. The van der Waals surface area contributed by atoms with Crippen LogP contribution in [0.15, 0.2) is 36.9 Å². The van der Waals surface area contributed by atoms with Gasteiger partial charge in [0.05, 0.1) is 0 Å².